The minimum atomic E-state index is -0.0989. The number of nitrogens with zero attached hydrogens (tertiary/aromatic N) is 2. The first kappa shape index (κ1) is 9.72. The van der Waals surface area contributed by atoms with Crippen LogP contribution in [0.1, 0.15) is 0 Å². The van der Waals surface area contributed by atoms with E-state index in [-0.39, 0.29) is 5.43 Å². The maximum absolute atomic E-state index is 11.9. The van der Waals surface area contributed by atoms with E-state index in [9.17, 15) is 4.79 Å². The van der Waals surface area contributed by atoms with Crippen LogP contribution in [0.3, 0.4) is 0 Å². The Morgan fingerprint density at radius 3 is 2.82 bits per heavy atom. The van der Waals surface area contributed by atoms with Crippen molar-refractivity contribution >= 4 is 11.1 Å². The van der Waals surface area contributed by atoms with Gasteiger partial charge >= 0.3 is 0 Å². The molecule has 3 rings (SSSR count). The lowest BCUT2D eigenvalue weighted by Crippen LogP contribution is -2.01. The topological polar surface area (TPSA) is 56.0 Å². The monoisotopic (exact) mass is 224 g/mol. The normalized spacial score (nSPS) is 10.6. The van der Waals surface area contributed by atoms with Crippen LogP contribution in [0, 0.1) is 0 Å². The summed E-state index contributed by atoms with van der Waals surface area (Å²) in [5, 5.41) is 0.486. The fourth-order valence-corrected chi connectivity index (χ4v) is 1.64. The Morgan fingerprint density at radius 2 is 2.00 bits per heavy atom. The molecule has 0 spiro atoms. The highest BCUT2D eigenvalue weighted by Crippen LogP contribution is 2.19. The molecule has 0 aliphatic carbocycles. The maximum atomic E-state index is 11.9. The molecular formula is C13H8N2O2. The maximum Gasteiger partial charge on any atom is 0.230 e. The number of hydrogen-bond acceptors (Lipinski definition) is 4. The first-order chi connectivity index (χ1) is 8.34. The average molecular weight is 224 g/mol. The van der Waals surface area contributed by atoms with Gasteiger partial charge in [-0.1, -0.05) is 0 Å². The van der Waals surface area contributed by atoms with E-state index in [2.05, 4.69) is 9.97 Å². The van der Waals surface area contributed by atoms with Crippen molar-refractivity contribution in [1.82, 2.24) is 9.97 Å². The van der Waals surface area contributed by atoms with Gasteiger partial charge in [-0.3, -0.25) is 9.78 Å². The Bertz CT molecular complexity index is 720. The molecule has 0 aliphatic heterocycles. The van der Waals surface area contributed by atoms with Crippen molar-refractivity contribution in [3.63, 3.8) is 0 Å². The van der Waals surface area contributed by atoms with E-state index >= 15 is 0 Å². The second-order valence-electron chi connectivity index (χ2n) is 3.57. The summed E-state index contributed by atoms with van der Waals surface area (Å²) in [6.45, 7) is 0. The van der Waals surface area contributed by atoms with Crippen molar-refractivity contribution in [2.75, 3.05) is 0 Å². The molecule has 0 saturated carbocycles. The van der Waals surface area contributed by atoms with Crippen molar-refractivity contribution in [3.8, 4) is 11.3 Å². The third-order valence-electron chi connectivity index (χ3n) is 2.45. The highest BCUT2D eigenvalue weighted by atomic mass is 16.3. The van der Waals surface area contributed by atoms with Gasteiger partial charge in [-0.15, -0.1) is 0 Å². The molecule has 3 aromatic rings. The van der Waals surface area contributed by atoms with Crippen LogP contribution in [0.5, 0.6) is 0 Å². The summed E-state index contributed by atoms with van der Waals surface area (Å²) < 4.78 is 5.58. The van der Waals surface area contributed by atoms with Gasteiger partial charge in [-0.25, -0.2) is 4.98 Å². The lowest BCUT2D eigenvalue weighted by atomic mass is 10.2. The van der Waals surface area contributed by atoms with E-state index in [4.69, 9.17) is 4.42 Å². The summed E-state index contributed by atoms with van der Waals surface area (Å²) in [5.41, 5.74) is 1.01. The highest BCUT2D eigenvalue weighted by Gasteiger charge is 2.06. The molecule has 0 N–H and O–H groups in total. The standard InChI is InChI=1S/C13H8N2O2/c16-11-7-12(9-3-1-5-14-8-9)17-13-10(11)4-2-6-15-13/h1-8H. The first-order valence-electron chi connectivity index (χ1n) is 5.14. The van der Waals surface area contributed by atoms with Gasteiger partial charge in [0.05, 0.1) is 5.39 Å². The molecule has 0 unspecified atom stereocenters. The number of fused-ring (bicyclic) bond motifs is 1. The Labute approximate surface area is 96.6 Å². The van der Waals surface area contributed by atoms with Crippen molar-refractivity contribution in [2.24, 2.45) is 0 Å². The number of hydrogen-bond donors (Lipinski definition) is 0. The molecule has 0 atom stereocenters. The number of pyridine rings is 2. The second-order valence-corrected chi connectivity index (χ2v) is 3.57. The molecule has 82 valence electrons. The summed E-state index contributed by atoms with van der Waals surface area (Å²) in [5.74, 6) is 0.481. The average Bonchev–Trinajstić information content (AvgIpc) is 2.40. The molecule has 4 nitrogen and oxygen atoms in total. The molecular weight excluding hydrogens is 216 g/mol. The Balaban J connectivity index is 2.30. The molecule has 0 saturated heterocycles. The molecule has 4 heteroatoms. The van der Waals surface area contributed by atoms with Crippen molar-refractivity contribution in [2.45, 2.75) is 0 Å². The van der Waals surface area contributed by atoms with E-state index in [1.165, 1.54) is 6.07 Å². The van der Waals surface area contributed by atoms with Crippen LogP contribution in [0.4, 0.5) is 0 Å². The van der Waals surface area contributed by atoms with E-state index in [0.717, 1.165) is 5.56 Å². The van der Waals surface area contributed by atoms with Gasteiger partial charge in [0, 0.05) is 30.2 Å². The Morgan fingerprint density at radius 1 is 1.12 bits per heavy atom. The molecule has 17 heavy (non-hydrogen) atoms. The van der Waals surface area contributed by atoms with E-state index in [0.29, 0.717) is 16.9 Å². The molecule has 0 aliphatic rings. The highest BCUT2D eigenvalue weighted by molar-refractivity contribution is 5.74. The van der Waals surface area contributed by atoms with Gasteiger partial charge in [0.1, 0.15) is 5.76 Å². The lowest BCUT2D eigenvalue weighted by Gasteiger charge is -2.01. The van der Waals surface area contributed by atoms with E-state index < -0.39 is 0 Å². The molecule has 0 radical (unpaired) electrons. The summed E-state index contributed by atoms with van der Waals surface area (Å²) in [6.07, 6.45) is 4.91. The third-order valence-corrected chi connectivity index (χ3v) is 2.45. The fraction of sp³-hybridized carbons (Fsp3) is 0. The van der Waals surface area contributed by atoms with Gasteiger partial charge in [-0.05, 0) is 24.3 Å². The number of rotatable bonds is 1. The van der Waals surface area contributed by atoms with Crippen molar-refractivity contribution in [3.05, 3.63) is 59.1 Å². The van der Waals surface area contributed by atoms with Crippen LogP contribution in [-0.4, -0.2) is 9.97 Å². The largest absolute Gasteiger partial charge is 0.437 e. The van der Waals surface area contributed by atoms with Crippen LogP contribution in [-0.2, 0) is 0 Å². The molecule has 0 bridgehead atoms. The zero-order valence-electron chi connectivity index (χ0n) is 8.83. The van der Waals surface area contributed by atoms with Crippen LogP contribution in [0.2, 0.25) is 0 Å². The Hall–Kier alpha value is -2.49. The van der Waals surface area contributed by atoms with Gasteiger partial charge < -0.3 is 4.42 Å². The predicted molar refractivity (Wildman–Crippen MR) is 63.5 cm³/mol. The summed E-state index contributed by atoms with van der Waals surface area (Å²) >= 11 is 0. The fourth-order valence-electron chi connectivity index (χ4n) is 1.64. The van der Waals surface area contributed by atoms with E-state index in [1.54, 1.807) is 36.8 Å². The Kier molecular flexibility index (Phi) is 2.19. The van der Waals surface area contributed by atoms with Crippen LogP contribution < -0.4 is 5.43 Å². The smallest absolute Gasteiger partial charge is 0.230 e. The zero-order valence-corrected chi connectivity index (χ0v) is 8.83. The van der Waals surface area contributed by atoms with Crippen LogP contribution in [0.15, 0.2) is 58.1 Å². The third kappa shape index (κ3) is 1.69. The van der Waals surface area contributed by atoms with Gasteiger partial charge in [-0.2, -0.15) is 0 Å². The molecule has 3 aromatic heterocycles. The van der Waals surface area contributed by atoms with Gasteiger partial charge in [0.25, 0.3) is 0 Å². The second kappa shape index (κ2) is 3.83. The van der Waals surface area contributed by atoms with Gasteiger partial charge in [0.15, 0.2) is 5.43 Å². The summed E-state index contributed by atoms with van der Waals surface area (Å²) in [6, 6.07) is 8.49. The predicted octanol–water partition coefficient (Wildman–Crippen LogP) is 2.25. The summed E-state index contributed by atoms with van der Waals surface area (Å²) in [4.78, 5) is 19.9. The SMILES string of the molecule is O=c1cc(-c2cccnc2)oc2ncccc12. The molecule has 3 heterocycles. The van der Waals surface area contributed by atoms with Crippen LogP contribution in [0.25, 0.3) is 22.4 Å². The van der Waals surface area contributed by atoms with E-state index in [1.807, 2.05) is 6.07 Å². The van der Waals surface area contributed by atoms with Gasteiger partial charge in [0.2, 0.25) is 5.71 Å². The molecule has 0 aromatic carbocycles. The molecule has 0 fully saturated rings. The van der Waals surface area contributed by atoms with Crippen LogP contribution >= 0.6 is 0 Å². The summed E-state index contributed by atoms with van der Waals surface area (Å²) in [7, 11) is 0. The lowest BCUT2D eigenvalue weighted by molar-refractivity contribution is 0.605. The van der Waals surface area contributed by atoms with Crippen molar-refractivity contribution < 1.29 is 4.42 Å². The minimum Gasteiger partial charge on any atom is -0.437 e. The first-order valence-corrected chi connectivity index (χ1v) is 5.14. The zero-order chi connectivity index (χ0) is 11.7. The minimum absolute atomic E-state index is 0.0989. The van der Waals surface area contributed by atoms with Crippen molar-refractivity contribution in [1.29, 1.82) is 0 Å². The molecule has 0 amide bonds. The quantitative estimate of drug-likeness (QED) is 0.636. The number of aromatic nitrogens is 2.